The van der Waals surface area contributed by atoms with Crippen molar-refractivity contribution in [3.63, 3.8) is 0 Å². The second kappa shape index (κ2) is 38.8. The Morgan fingerprint density at radius 3 is 1.26 bits per heavy atom. The Kier molecular flexibility index (Phi) is 37.6. The van der Waals surface area contributed by atoms with Gasteiger partial charge < -0.3 is 25.7 Å². The Labute approximate surface area is 309 Å². The molecule has 0 fully saturated rings. The molecule has 0 aliphatic carbocycles. The summed E-state index contributed by atoms with van der Waals surface area (Å²) >= 11 is 0. The number of hydrogen-bond donors (Lipinski definition) is 5. The number of amides is 1. The van der Waals surface area contributed by atoms with Crippen molar-refractivity contribution in [3.05, 3.63) is 36.5 Å². The molecule has 6 nitrogen and oxygen atoms in total. The minimum atomic E-state index is -1.29. The summed E-state index contributed by atoms with van der Waals surface area (Å²) in [7, 11) is 0. The first-order chi connectivity index (χ1) is 24.5. The van der Waals surface area contributed by atoms with Gasteiger partial charge in [-0.1, -0.05) is 179 Å². The molecule has 1 amide bonds. The van der Waals surface area contributed by atoms with Crippen molar-refractivity contribution in [2.45, 2.75) is 231 Å². The first-order valence-electron chi connectivity index (χ1n) is 21.4. The van der Waals surface area contributed by atoms with Gasteiger partial charge in [0.05, 0.1) is 18.8 Å². The van der Waals surface area contributed by atoms with E-state index in [0.29, 0.717) is 19.3 Å². The molecule has 0 aromatic rings. The monoisotopic (exact) mass is 706 g/mol. The van der Waals surface area contributed by atoms with Crippen molar-refractivity contribution in [3.8, 4) is 0 Å². The smallest absolute Gasteiger partial charge is 0.249 e. The molecule has 0 saturated carbocycles. The number of carbonyl (C=O) groups excluding carboxylic acids is 1. The van der Waals surface area contributed by atoms with Crippen LogP contribution in [0.4, 0.5) is 0 Å². The van der Waals surface area contributed by atoms with Gasteiger partial charge in [0.15, 0.2) is 0 Å². The second-order valence-electron chi connectivity index (χ2n) is 14.7. The van der Waals surface area contributed by atoms with Crippen LogP contribution in [0.5, 0.6) is 0 Å². The van der Waals surface area contributed by atoms with Crippen LogP contribution in [0.25, 0.3) is 0 Å². The maximum atomic E-state index is 12.4. The Hall–Kier alpha value is -1.47. The fraction of sp³-hybridized carbons (Fsp3) is 0.841. The molecule has 0 aromatic carbocycles. The molecular formula is C44H83NO5. The van der Waals surface area contributed by atoms with Crippen LogP contribution < -0.4 is 5.32 Å². The average Bonchev–Trinajstić information content (AvgIpc) is 3.12. The summed E-state index contributed by atoms with van der Waals surface area (Å²) in [4.78, 5) is 12.4. The fourth-order valence-corrected chi connectivity index (χ4v) is 6.38. The third kappa shape index (κ3) is 32.4. The zero-order chi connectivity index (χ0) is 36.8. The number of allylic oxidation sites excluding steroid dienone is 6. The molecule has 50 heavy (non-hydrogen) atoms. The summed E-state index contributed by atoms with van der Waals surface area (Å²) in [6.45, 7) is 3.98. The van der Waals surface area contributed by atoms with E-state index in [4.69, 9.17) is 0 Å². The van der Waals surface area contributed by atoms with Gasteiger partial charge in [-0.3, -0.25) is 4.79 Å². The van der Waals surface area contributed by atoms with Crippen LogP contribution >= 0.6 is 0 Å². The first-order valence-corrected chi connectivity index (χ1v) is 21.4. The summed E-state index contributed by atoms with van der Waals surface area (Å²) in [6, 6.07) is -1.01. The zero-order valence-electron chi connectivity index (χ0n) is 32.9. The van der Waals surface area contributed by atoms with E-state index < -0.39 is 36.9 Å². The van der Waals surface area contributed by atoms with Crippen LogP contribution in [0.2, 0.25) is 0 Å². The van der Waals surface area contributed by atoms with Crippen LogP contribution in [-0.2, 0) is 4.79 Å². The highest BCUT2D eigenvalue weighted by molar-refractivity contribution is 5.80. The van der Waals surface area contributed by atoms with E-state index in [2.05, 4.69) is 55.6 Å². The number of aliphatic hydroxyl groups is 4. The molecule has 0 saturated heterocycles. The molecule has 0 aromatic heterocycles. The number of aliphatic hydroxyl groups excluding tert-OH is 4. The van der Waals surface area contributed by atoms with E-state index in [1.165, 1.54) is 122 Å². The Balaban J connectivity index is 3.76. The Morgan fingerprint density at radius 1 is 0.480 bits per heavy atom. The lowest BCUT2D eigenvalue weighted by Gasteiger charge is -2.27. The molecule has 5 N–H and O–H groups in total. The predicted octanol–water partition coefficient (Wildman–Crippen LogP) is 11.0. The van der Waals surface area contributed by atoms with Gasteiger partial charge in [-0.05, 0) is 64.2 Å². The molecular weight excluding hydrogens is 622 g/mol. The van der Waals surface area contributed by atoms with E-state index in [9.17, 15) is 25.2 Å². The molecule has 6 heteroatoms. The Bertz CT molecular complexity index is 797. The average molecular weight is 706 g/mol. The summed E-state index contributed by atoms with van der Waals surface area (Å²) in [5.74, 6) is -0.605. The molecule has 0 rings (SSSR count). The van der Waals surface area contributed by atoms with Crippen LogP contribution in [0.15, 0.2) is 36.5 Å². The van der Waals surface area contributed by atoms with Crippen molar-refractivity contribution in [1.29, 1.82) is 0 Å². The van der Waals surface area contributed by atoms with E-state index >= 15 is 0 Å². The third-order valence-electron chi connectivity index (χ3n) is 9.81. The molecule has 294 valence electrons. The first kappa shape index (κ1) is 48.5. The molecule has 0 heterocycles. The van der Waals surface area contributed by atoms with Crippen molar-refractivity contribution in [2.75, 3.05) is 6.61 Å². The number of hydrogen-bond acceptors (Lipinski definition) is 5. The van der Waals surface area contributed by atoms with Gasteiger partial charge in [0, 0.05) is 0 Å². The minimum absolute atomic E-state index is 0.358. The fourth-order valence-electron chi connectivity index (χ4n) is 6.38. The molecule has 0 aliphatic heterocycles. The summed E-state index contributed by atoms with van der Waals surface area (Å²) in [6.07, 6.45) is 44.9. The van der Waals surface area contributed by atoms with Crippen LogP contribution in [0.1, 0.15) is 206 Å². The van der Waals surface area contributed by atoms with Crippen LogP contribution in [-0.4, -0.2) is 57.3 Å². The van der Waals surface area contributed by atoms with Gasteiger partial charge in [0.2, 0.25) is 5.91 Å². The van der Waals surface area contributed by atoms with Gasteiger partial charge in [-0.2, -0.15) is 0 Å². The van der Waals surface area contributed by atoms with Crippen LogP contribution in [0, 0.1) is 0 Å². The van der Waals surface area contributed by atoms with Crippen molar-refractivity contribution in [2.24, 2.45) is 0 Å². The zero-order valence-corrected chi connectivity index (χ0v) is 32.9. The van der Waals surface area contributed by atoms with Crippen LogP contribution in [0.3, 0.4) is 0 Å². The molecule has 4 unspecified atom stereocenters. The van der Waals surface area contributed by atoms with Crippen molar-refractivity contribution < 1.29 is 25.2 Å². The molecule has 0 spiro atoms. The maximum Gasteiger partial charge on any atom is 0.249 e. The molecule has 4 atom stereocenters. The normalized spacial score (nSPS) is 14.6. The Morgan fingerprint density at radius 2 is 0.840 bits per heavy atom. The highest BCUT2D eigenvalue weighted by Crippen LogP contribution is 2.15. The SMILES string of the molecule is CCCCCCCCCCCCCCC/C=C/CC/C=C/CC/C=C/CCCC(O)C(O)C(CO)NC(=O)C(O)CCCCCCCCCC. The van der Waals surface area contributed by atoms with Gasteiger partial charge in [0.25, 0.3) is 0 Å². The largest absolute Gasteiger partial charge is 0.394 e. The number of unbranched alkanes of at least 4 members (excludes halogenated alkanes) is 23. The van der Waals surface area contributed by atoms with Gasteiger partial charge >= 0.3 is 0 Å². The predicted molar refractivity (Wildman–Crippen MR) is 214 cm³/mol. The standard InChI is InChI=1S/C44H83NO5/c1-3-5-7-9-11-13-14-15-16-17-18-19-20-21-22-23-24-25-26-27-28-29-30-32-33-35-37-41(47)43(49)40(39-46)45-44(50)42(48)38-36-34-31-12-10-8-6-4-2/h22-23,26-27,30,32,40-43,46-49H,3-21,24-25,28-29,31,33-39H2,1-2H3,(H,45,50)/b23-22+,27-26+,32-30+. The topological polar surface area (TPSA) is 110 Å². The highest BCUT2D eigenvalue weighted by atomic mass is 16.3. The summed E-state index contributed by atoms with van der Waals surface area (Å²) in [5.41, 5.74) is 0. The number of carbonyl (C=O) groups is 1. The molecule has 0 aliphatic rings. The van der Waals surface area contributed by atoms with E-state index in [1.54, 1.807) is 0 Å². The minimum Gasteiger partial charge on any atom is -0.394 e. The molecule has 0 bridgehead atoms. The van der Waals surface area contributed by atoms with E-state index in [0.717, 1.165) is 51.4 Å². The van der Waals surface area contributed by atoms with E-state index in [1.807, 2.05) is 0 Å². The summed E-state index contributed by atoms with van der Waals surface area (Å²) in [5, 5.41) is 43.3. The lowest BCUT2D eigenvalue weighted by atomic mass is 10.00. The van der Waals surface area contributed by atoms with Gasteiger partial charge in [0.1, 0.15) is 12.2 Å². The maximum absolute atomic E-state index is 12.4. The lowest BCUT2D eigenvalue weighted by Crippen LogP contribution is -2.53. The third-order valence-corrected chi connectivity index (χ3v) is 9.81. The van der Waals surface area contributed by atoms with Gasteiger partial charge in [-0.25, -0.2) is 0 Å². The van der Waals surface area contributed by atoms with E-state index in [-0.39, 0.29) is 0 Å². The highest BCUT2D eigenvalue weighted by Gasteiger charge is 2.28. The van der Waals surface area contributed by atoms with Crippen molar-refractivity contribution >= 4 is 5.91 Å². The summed E-state index contributed by atoms with van der Waals surface area (Å²) < 4.78 is 0. The van der Waals surface area contributed by atoms with Gasteiger partial charge in [-0.15, -0.1) is 0 Å². The lowest BCUT2D eigenvalue weighted by molar-refractivity contribution is -0.132. The number of rotatable bonds is 38. The second-order valence-corrected chi connectivity index (χ2v) is 14.7. The molecule has 0 radical (unpaired) electrons. The quantitative estimate of drug-likeness (QED) is 0.0324. The van der Waals surface area contributed by atoms with Crippen molar-refractivity contribution in [1.82, 2.24) is 5.32 Å². The number of nitrogens with one attached hydrogen (secondary N) is 1.